The van der Waals surface area contributed by atoms with E-state index in [-0.39, 0.29) is 5.91 Å². The van der Waals surface area contributed by atoms with Crippen LogP contribution >= 0.6 is 0 Å². The molecule has 0 spiro atoms. The molecule has 2 aromatic heterocycles. The molecule has 0 radical (unpaired) electrons. The van der Waals surface area contributed by atoms with Gasteiger partial charge in [0.2, 0.25) is 0 Å². The first-order valence-corrected chi connectivity index (χ1v) is 6.24. The van der Waals surface area contributed by atoms with Gasteiger partial charge in [0, 0.05) is 18.3 Å². The predicted octanol–water partition coefficient (Wildman–Crippen LogP) is 3.09. The summed E-state index contributed by atoms with van der Waals surface area (Å²) in [6.45, 7) is 3.63. The standard InChI is InChI=1S/C15H13N3O2/c1-9-4-3-5-12(16-9)15(19)18-11-6-7-14-13(8-11)17-10(2)20-14/h3-8H,1-2H3,(H,18,19). The smallest absolute Gasteiger partial charge is 0.274 e. The van der Waals surface area contributed by atoms with Gasteiger partial charge in [0.05, 0.1) is 0 Å². The number of rotatable bonds is 2. The molecule has 0 atom stereocenters. The summed E-state index contributed by atoms with van der Waals surface area (Å²) in [6, 6.07) is 10.7. The minimum absolute atomic E-state index is 0.242. The van der Waals surface area contributed by atoms with Gasteiger partial charge in [-0.2, -0.15) is 0 Å². The Labute approximate surface area is 115 Å². The monoisotopic (exact) mass is 267 g/mol. The van der Waals surface area contributed by atoms with Gasteiger partial charge < -0.3 is 9.73 Å². The number of aromatic nitrogens is 2. The number of carbonyl (C=O) groups excluding carboxylic acids is 1. The molecule has 0 bridgehead atoms. The van der Waals surface area contributed by atoms with Crippen LogP contribution in [-0.2, 0) is 0 Å². The Hall–Kier alpha value is -2.69. The summed E-state index contributed by atoms with van der Waals surface area (Å²) < 4.78 is 5.39. The van der Waals surface area contributed by atoms with Crippen molar-refractivity contribution in [3.8, 4) is 0 Å². The van der Waals surface area contributed by atoms with Crippen molar-refractivity contribution in [2.75, 3.05) is 5.32 Å². The molecule has 0 aliphatic heterocycles. The highest BCUT2D eigenvalue weighted by atomic mass is 16.3. The van der Waals surface area contributed by atoms with E-state index in [1.807, 2.05) is 13.0 Å². The van der Waals surface area contributed by atoms with Crippen LogP contribution in [0.3, 0.4) is 0 Å². The van der Waals surface area contributed by atoms with E-state index in [1.165, 1.54) is 0 Å². The average Bonchev–Trinajstić information content (AvgIpc) is 2.78. The van der Waals surface area contributed by atoms with Crippen LogP contribution in [0.4, 0.5) is 5.69 Å². The van der Waals surface area contributed by atoms with Crippen molar-refractivity contribution in [1.82, 2.24) is 9.97 Å². The minimum atomic E-state index is -0.242. The topological polar surface area (TPSA) is 68.0 Å². The second-order valence-corrected chi connectivity index (χ2v) is 4.53. The predicted molar refractivity (Wildman–Crippen MR) is 75.7 cm³/mol. The van der Waals surface area contributed by atoms with Crippen LogP contribution in [0.25, 0.3) is 11.1 Å². The molecule has 0 aliphatic carbocycles. The number of anilines is 1. The summed E-state index contributed by atoms with van der Waals surface area (Å²) in [4.78, 5) is 20.5. The largest absolute Gasteiger partial charge is 0.441 e. The lowest BCUT2D eigenvalue weighted by atomic mass is 10.2. The molecule has 0 saturated carbocycles. The zero-order valence-electron chi connectivity index (χ0n) is 11.2. The number of benzene rings is 1. The van der Waals surface area contributed by atoms with E-state index in [9.17, 15) is 4.79 Å². The first-order valence-electron chi connectivity index (χ1n) is 6.24. The fourth-order valence-electron chi connectivity index (χ4n) is 1.99. The lowest BCUT2D eigenvalue weighted by molar-refractivity contribution is 0.102. The van der Waals surface area contributed by atoms with Gasteiger partial charge in [-0.3, -0.25) is 4.79 Å². The van der Waals surface area contributed by atoms with E-state index in [0.717, 1.165) is 11.2 Å². The van der Waals surface area contributed by atoms with Gasteiger partial charge in [0.1, 0.15) is 11.2 Å². The molecule has 100 valence electrons. The van der Waals surface area contributed by atoms with E-state index in [0.29, 0.717) is 22.9 Å². The molecular weight excluding hydrogens is 254 g/mol. The highest BCUT2D eigenvalue weighted by Gasteiger charge is 2.09. The molecule has 1 aromatic carbocycles. The number of nitrogens with one attached hydrogen (secondary N) is 1. The Balaban J connectivity index is 1.87. The molecule has 1 N–H and O–H groups in total. The highest BCUT2D eigenvalue weighted by Crippen LogP contribution is 2.20. The molecule has 5 heteroatoms. The molecule has 3 rings (SSSR count). The van der Waals surface area contributed by atoms with Crippen LogP contribution in [0, 0.1) is 13.8 Å². The number of oxazole rings is 1. The molecule has 0 unspecified atom stereocenters. The number of pyridine rings is 1. The average molecular weight is 267 g/mol. The number of hydrogen-bond donors (Lipinski definition) is 1. The summed E-state index contributed by atoms with van der Waals surface area (Å²) in [5.41, 5.74) is 3.28. The minimum Gasteiger partial charge on any atom is -0.441 e. The van der Waals surface area contributed by atoms with Crippen molar-refractivity contribution >= 4 is 22.7 Å². The molecule has 3 aromatic rings. The number of carbonyl (C=O) groups is 1. The maximum Gasteiger partial charge on any atom is 0.274 e. The van der Waals surface area contributed by atoms with Gasteiger partial charge in [-0.05, 0) is 37.3 Å². The first kappa shape index (κ1) is 12.3. The normalized spacial score (nSPS) is 10.7. The fraction of sp³-hybridized carbons (Fsp3) is 0.133. The summed E-state index contributed by atoms with van der Waals surface area (Å²) in [7, 11) is 0. The number of aryl methyl sites for hydroxylation is 2. The zero-order valence-corrected chi connectivity index (χ0v) is 11.2. The van der Waals surface area contributed by atoms with Crippen LogP contribution < -0.4 is 5.32 Å². The molecule has 20 heavy (non-hydrogen) atoms. The van der Waals surface area contributed by atoms with Gasteiger partial charge in [0.15, 0.2) is 11.5 Å². The van der Waals surface area contributed by atoms with Crippen LogP contribution in [0.5, 0.6) is 0 Å². The third-order valence-corrected chi connectivity index (χ3v) is 2.87. The van der Waals surface area contributed by atoms with Gasteiger partial charge >= 0.3 is 0 Å². The Kier molecular flexibility index (Phi) is 2.95. The van der Waals surface area contributed by atoms with Crippen LogP contribution in [-0.4, -0.2) is 15.9 Å². The van der Waals surface area contributed by atoms with Crippen molar-refractivity contribution < 1.29 is 9.21 Å². The van der Waals surface area contributed by atoms with E-state index < -0.39 is 0 Å². The summed E-state index contributed by atoms with van der Waals surface area (Å²) in [5, 5.41) is 2.80. The molecule has 5 nitrogen and oxygen atoms in total. The zero-order chi connectivity index (χ0) is 14.1. The maximum absolute atomic E-state index is 12.1. The van der Waals surface area contributed by atoms with E-state index in [1.54, 1.807) is 37.3 Å². The SMILES string of the molecule is Cc1cccc(C(=O)Nc2ccc3oc(C)nc3c2)n1. The summed E-state index contributed by atoms with van der Waals surface area (Å²) in [6.07, 6.45) is 0. The van der Waals surface area contributed by atoms with Crippen molar-refractivity contribution in [2.45, 2.75) is 13.8 Å². The Morgan fingerprint density at radius 3 is 2.80 bits per heavy atom. The highest BCUT2D eigenvalue weighted by molar-refractivity contribution is 6.03. The first-order chi connectivity index (χ1) is 9.61. The fourth-order valence-corrected chi connectivity index (χ4v) is 1.99. The number of fused-ring (bicyclic) bond motifs is 1. The molecule has 1 amide bonds. The van der Waals surface area contributed by atoms with Crippen molar-refractivity contribution in [3.05, 3.63) is 53.7 Å². The van der Waals surface area contributed by atoms with Gasteiger partial charge in [0.25, 0.3) is 5.91 Å². The Bertz CT molecular complexity index is 793. The lowest BCUT2D eigenvalue weighted by Gasteiger charge is -2.04. The molecule has 0 aliphatic rings. The van der Waals surface area contributed by atoms with E-state index in [4.69, 9.17) is 4.42 Å². The number of hydrogen-bond acceptors (Lipinski definition) is 4. The quantitative estimate of drug-likeness (QED) is 0.774. The van der Waals surface area contributed by atoms with Gasteiger partial charge in [-0.15, -0.1) is 0 Å². The Morgan fingerprint density at radius 1 is 1.15 bits per heavy atom. The van der Waals surface area contributed by atoms with Crippen molar-refractivity contribution in [2.24, 2.45) is 0 Å². The Morgan fingerprint density at radius 2 is 2.00 bits per heavy atom. The third kappa shape index (κ3) is 2.38. The van der Waals surface area contributed by atoms with Crippen LogP contribution in [0.2, 0.25) is 0 Å². The van der Waals surface area contributed by atoms with Gasteiger partial charge in [-0.1, -0.05) is 6.07 Å². The maximum atomic E-state index is 12.1. The third-order valence-electron chi connectivity index (χ3n) is 2.87. The summed E-state index contributed by atoms with van der Waals surface area (Å²) in [5.74, 6) is 0.358. The molecular formula is C15H13N3O2. The van der Waals surface area contributed by atoms with Crippen LogP contribution in [0.1, 0.15) is 22.1 Å². The molecule has 0 fully saturated rings. The second kappa shape index (κ2) is 4.77. The summed E-state index contributed by atoms with van der Waals surface area (Å²) >= 11 is 0. The molecule has 0 saturated heterocycles. The lowest BCUT2D eigenvalue weighted by Crippen LogP contribution is -2.13. The number of nitrogens with zero attached hydrogens (tertiary/aromatic N) is 2. The van der Waals surface area contributed by atoms with Crippen LogP contribution in [0.15, 0.2) is 40.8 Å². The van der Waals surface area contributed by atoms with Crippen molar-refractivity contribution in [3.63, 3.8) is 0 Å². The van der Waals surface area contributed by atoms with Gasteiger partial charge in [-0.25, -0.2) is 9.97 Å². The number of amides is 1. The van der Waals surface area contributed by atoms with E-state index >= 15 is 0 Å². The molecule has 2 heterocycles. The van der Waals surface area contributed by atoms with Crippen molar-refractivity contribution in [1.29, 1.82) is 0 Å². The van der Waals surface area contributed by atoms with E-state index in [2.05, 4.69) is 15.3 Å². The second-order valence-electron chi connectivity index (χ2n) is 4.53.